The Morgan fingerprint density at radius 2 is 1.62 bits per heavy atom. The second-order valence-electron chi connectivity index (χ2n) is 18.6. The number of fused-ring (bicyclic) bond motifs is 15. The number of hydrogen-bond acceptors (Lipinski definition) is 17. The molecule has 8 N–H and O–H groups in total. The molecule has 4 aliphatic heterocycles. The molecule has 0 spiro atoms. The van der Waals surface area contributed by atoms with Crippen LogP contribution in [-0.2, 0) is 38.1 Å². The van der Waals surface area contributed by atoms with Crippen LogP contribution in [0.5, 0.6) is 23.0 Å². The van der Waals surface area contributed by atoms with Gasteiger partial charge in [-0.2, -0.15) is 0 Å². The molecule has 1 aliphatic carbocycles. The van der Waals surface area contributed by atoms with Gasteiger partial charge in [-0.1, -0.05) is 52.0 Å². The molecule has 2 amide bonds. The SMILES string of the molecule is CO[C@H]1/C=C/O[C@@]2(C)Oc3c(C)c(O)c4c(O)c(c(SCCNC(=O)C5=CC[C@H]6OC(C)(C)O[C@H]6[C@@H]5O)c(O)c4c3C2=O)NC(=O)/C(C)=C\C=C\[C@H](C)[C@H](O)[C@@H](C)[C@@H](O)[C@@H](C)[C@H](OC(C)=O)[C@@H]1C. The molecule has 0 saturated carbocycles. The molecule has 7 rings (SSSR count). The lowest BCUT2D eigenvalue weighted by Crippen LogP contribution is -2.46. The van der Waals surface area contributed by atoms with Gasteiger partial charge in [0.2, 0.25) is 5.91 Å². The minimum Gasteiger partial charge on any atom is -0.507 e. The molecule has 68 heavy (non-hydrogen) atoms. The Balaban J connectivity index is 1.40. The lowest BCUT2D eigenvalue weighted by atomic mass is 9.78. The summed E-state index contributed by atoms with van der Waals surface area (Å²) in [5.41, 5.74) is -0.322. The molecular formula is C49H64N2O16S. The van der Waals surface area contributed by atoms with E-state index >= 15 is 0 Å². The van der Waals surface area contributed by atoms with Gasteiger partial charge in [0.25, 0.3) is 11.7 Å². The summed E-state index contributed by atoms with van der Waals surface area (Å²) in [5, 5.41) is 74.7. The van der Waals surface area contributed by atoms with E-state index in [9.17, 15) is 49.8 Å². The van der Waals surface area contributed by atoms with Crippen LogP contribution in [-0.4, -0.2) is 128 Å². The van der Waals surface area contributed by atoms with Crippen molar-refractivity contribution in [2.24, 2.45) is 23.7 Å². The number of allylic oxidation sites excluding steroid dienone is 2. The first-order chi connectivity index (χ1) is 31.8. The lowest BCUT2D eigenvalue weighted by Gasteiger charge is -2.38. The zero-order valence-corrected chi connectivity index (χ0v) is 40.9. The number of nitrogens with one attached hydrogen (secondary N) is 2. The van der Waals surface area contributed by atoms with Crippen LogP contribution in [0, 0.1) is 30.6 Å². The lowest BCUT2D eigenvalue weighted by molar-refractivity contribution is -0.160. The Kier molecular flexibility index (Phi) is 15.7. The highest BCUT2D eigenvalue weighted by molar-refractivity contribution is 7.99. The maximum Gasteiger partial charge on any atom is 0.312 e. The minimum atomic E-state index is -2.10. The number of phenolic OH excluding ortho intramolecular Hbond substituents is 3. The highest BCUT2D eigenvalue weighted by Gasteiger charge is 2.51. The van der Waals surface area contributed by atoms with E-state index in [-0.39, 0.29) is 61.7 Å². The molecule has 1 saturated heterocycles. The highest BCUT2D eigenvalue weighted by atomic mass is 32.2. The Morgan fingerprint density at radius 1 is 0.926 bits per heavy atom. The van der Waals surface area contributed by atoms with E-state index in [0.717, 1.165) is 11.8 Å². The zero-order chi connectivity index (χ0) is 50.3. The Labute approximate surface area is 399 Å². The number of benzene rings is 2. The fourth-order valence-corrected chi connectivity index (χ4v) is 10.3. The van der Waals surface area contributed by atoms with Gasteiger partial charge in [-0.15, -0.1) is 11.8 Å². The summed E-state index contributed by atoms with van der Waals surface area (Å²) in [6.45, 7) is 15.7. The van der Waals surface area contributed by atoms with Crippen LogP contribution in [0.1, 0.15) is 84.7 Å². The molecule has 18 nitrogen and oxygen atoms in total. The standard InChI is InChI=1S/C49H64N2O16S/c1-21-13-12-14-22(2)46(60)51-34-39(57)32-31(40(58)44(34)68-20-18-50-47(61)28-15-16-30-43(38(28)56)66-48(8,9)65-30)33-42(26(6)37(32)55)67-49(10,45(33)59)63-19-17-29(62-11)23(3)41(64-27(7)52)25(5)36(54)24(4)35(21)53/h12-15,17,19,21,23-25,29-30,35-36,38,41,43,53-58H,16,18,20H2,1-11H3,(H,50,61)(H,51,60)/b13-12+,19-17+,22-14-/t21-,23+,24+,25+,29-,30+,35-,36+,38+,41+,43+,49-/m0/s1. The van der Waals surface area contributed by atoms with Crippen LogP contribution < -0.4 is 15.4 Å². The van der Waals surface area contributed by atoms with Crippen molar-refractivity contribution < 1.29 is 78.2 Å². The summed E-state index contributed by atoms with van der Waals surface area (Å²) in [6.07, 6.45) is 2.77. The number of anilines is 1. The van der Waals surface area contributed by atoms with E-state index in [0.29, 0.717) is 6.42 Å². The average Bonchev–Trinajstić information content (AvgIpc) is 3.75. The molecule has 5 aliphatic rings. The van der Waals surface area contributed by atoms with E-state index in [2.05, 4.69) is 10.6 Å². The van der Waals surface area contributed by atoms with Crippen LogP contribution >= 0.6 is 11.8 Å². The average molecular weight is 969 g/mol. The maximum absolute atomic E-state index is 14.6. The smallest absolute Gasteiger partial charge is 0.312 e. The van der Waals surface area contributed by atoms with Gasteiger partial charge in [0.05, 0.1) is 46.5 Å². The molecule has 4 heterocycles. The number of methoxy groups -OCH3 is 1. The summed E-state index contributed by atoms with van der Waals surface area (Å²) in [5.74, 6) is -10.4. The minimum absolute atomic E-state index is 0.00771. The Morgan fingerprint density at radius 3 is 2.28 bits per heavy atom. The molecule has 0 radical (unpaired) electrons. The molecule has 0 aromatic heterocycles. The van der Waals surface area contributed by atoms with Crippen LogP contribution in [0.3, 0.4) is 0 Å². The summed E-state index contributed by atoms with van der Waals surface area (Å²) in [7, 11) is 1.42. The van der Waals surface area contributed by atoms with Gasteiger partial charge >= 0.3 is 11.8 Å². The van der Waals surface area contributed by atoms with Crippen LogP contribution in [0.2, 0.25) is 0 Å². The number of carbonyl (C=O) groups is 4. The first kappa shape index (κ1) is 52.2. The van der Waals surface area contributed by atoms with E-state index in [1.165, 1.54) is 53.2 Å². The second-order valence-corrected chi connectivity index (χ2v) is 19.7. The number of thioether (sulfide) groups is 1. The number of ketones is 1. The number of ether oxygens (including phenoxy) is 6. The molecule has 5 bridgehead atoms. The van der Waals surface area contributed by atoms with Crippen molar-refractivity contribution in [2.75, 3.05) is 24.7 Å². The quantitative estimate of drug-likeness (QED) is 0.0584. The predicted octanol–water partition coefficient (Wildman–Crippen LogP) is 5.17. The number of Topliss-reactive ketones (excluding diaryl/α,β-unsaturated/α-hetero) is 1. The third-order valence-electron chi connectivity index (χ3n) is 13.3. The number of aliphatic hydroxyl groups is 3. The van der Waals surface area contributed by atoms with Gasteiger partial charge in [0.15, 0.2) is 11.5 Å². The molecule has 2 aromatic rings. The predicted molar refractivity (Wildman–Crippen MR) is 250 cm³/mol. The number of aliphatic hydroxyl groups excluding tert-OH is 3. The van der Waals surface area contributed by atoms with Crippen molar-refractivity contribution in [3.05, 3.63) is 58.9 Å². The van der Waals surface area contributed by atoms with Crippen molar-refractivity contribution in [1.29, 1.82) is 0 Å². The summed E-state index contributed by atoms with van der Waals surface area (Å²) >= 11 is 0.910. The zero-order valence-electron chi connectivity index (χ0n) is 40.1. The normalized spacial score (nSPS) is 33.6. The fourth-order valence-electron chi connectivity index (χ4n) is 9.34. The number of aromatic hydroxyl groups is 3. The van der Waals surface area contributed by atoms with Crippen molar-refractivity contribution in [2.45, 2.75) is 135 Å². The first-order valence-electron chi connectivity index (χ1n) is 22.6. The molecule has 2 aromatic carbocycles. The fraction of sp³-hybridized carbons (Fsp3) is 0.551. The molecule has 19 heteroatoms. The number of amides is 2. The van der Waals surface area contributed by atoms with Crippen molar-refractivity contribution in [1.82, 2.24) is 5.32 Å². The van der Waals surface area contributed by atoms with E-state index in [1.54, 1.807) is 59.8 Å². The molecule has 12 atom stereocenters. The third-order valence-corrected chi connectivity index (χ3v) is 14.4. The number of carbonyl (C=O) groups excluding carboxylic acids is 4. The third kappa shape index (κ3) is 10.1. The maximum atomic E-state index is 14.6. The number of phenols is 3. The highest BCUT2D eigenvalue weighted by Crippen LogP contribution is 2.57. The summed E-state index contributed by atoms with van der Waals surface area (Å²) in [6, 6.07) is 0. The molecule has 372 valence electrons. The Bertz CT molecular complexity index is 2450. The Hall–Kier alpha value is -5.15. The van der Waals surface area contributed by atoms with Crippen molar-refractivity contribution >= 4 is 51.8 Å². The molecule has 1 fully saturated rings. The van der Waals surface area contributed by atoms with Gasteiger partial charge in [0, 0.05) is 79.0 Å². The van der Waals surface area contributed by atoms with Crippen LogP contribution in [0.15, 0.2) is 52.7 Å². The topological polar surface area (TPSA) is 269 Å². The van der Waals surface area contributed by atoms with Gasteiger partial charge in [-0.05, 0) is 40.2 Å². The van der Waals surface area contributed by atoms with E-state index < -0.39 is 119 Å². The van der Waals surface area contributed by atoms with Crippen LogP contribution in [0.4, 0.5) is 5.69 Å². The summed E-state index contributed by atoms with van der Waals surface area (Å²) < 4.78 is 35.3. The largest absolute Gasteiger partial charge is 0.507 e. The number of rotatable bonds is 7. The van der Waals surface area contributed by atoms with Gasteiger partial charge in [0.1, 0.15) is 41.2 Å². The van der Waals surface area contributed by atoms with Crippen molar-refractivity contribution in [3.8, 4) is 23.0 Å². The van der Waals surface area contributed by atoms with Gasteiger partial charge in [-0.25, -0.2) is 0 Å². The molecule has 0 unspecified atom stereocenters. The number of esters is 1. The molecular weight excluding hydrogens is 905 g/mol. The first-order valence-corrected chi connectivity index (χ1v) is 23.6. The monoisotopic (exact) mass is 968 g/mol. The summed E-state index contributed by atoms with van der Waals surface area (Å²) in [4.78, 5) is 54.1. The van der Waals surface area contributed by atoms with Crippen molar-refractivity contribution in [3.63, 3.8) is 0 Å². The van der Waals surface area contributed by atoms with E-state index in [4.69, 9.17) is 28.4 Å². The second kappa shape index (κ2) is 20.4. The van der Waals surface area contributed by atoms with Crippen LogP contribution in [0.25, 0.3) is 10.8 Å². The van der Waals surface area contributed by atoms with E-state index in [1.807, 2.05) is 0 Å². The number of hydrogen-bond donors (Lipinski definition) is 8. The van der Waals surface area contributed by atoms with Gasteiger partial charge < -0.3 is 69.7 Å². The van der Waals surface area contributed by atoms with Gasteiger partial charge in [-0.3, -0.25) is 19.2 Å².